The fraction of sp³-hybridized carbons (Fsp3) is 0.0500. The Morgan fingerprint density at radius 3 is 2.05 bits per heavy atom. The van der Waals surface area contributed by atoms with E-state index >= 15 is 0 Å². The minimum absolute atomic E-state index is 1.25. The second-order valence-electron chi connectivity index (χ2n) is 10.9. The molecule has 41 heavy (non-hydrogen) atoms. The van der Waals surface area contributed by atoms with Crippen molar-refractivity contribution in [3.8, 4) is 22.3 Å². The van der Waals surface area contributed by atoms with Gasteiger partial charge in [0.1, 0.15) is 0 Å². The van der Waals surface area contributed by atoms with Gasteiger partial charge in [-0.2, -0.15) is 0 Å². The van der Waals surface area contributed by atoms with Crippen LogP contribution in [-0.2, 0) is 0 Å². The number of rotatable bonds is 3. The minimum atomic E-state index is 1.25. The van der Waals surface area contributed by atoms with Crippen LogP contribution in [0.3, 0.4) is 0 Å². The molecule has 0 nitrogen and oxygen atoms in total. The second kappa shape index (κ2) is 9.44. The normalized spacial score (nSPS) is 12.0. The molecule has 7 aromatic carbocycles. The highest BCUT2D eigenvalue weighted by molar-refractivity contribution is 7.26. The van der Waals surface area contributed by atoms with Gasteiger partial charge in [0.2, 0.25) is 0 Å². The van der Waals surface area contributed by atoms with Crippen molar-refractivity contribution >= 4 is 69.9 Å². The van der Waals surface area contributed by atoms with E-state index in [1.54, 1.807) is 0 Å². The maximum absolute atomic E-state index is 2.37. The van der Waals surface area contributed by atoms with Crippen LogP contribution in [0.2, 0.25) is 0 Å². The predicted octanol–water partition coefficient (Wildman–Crippen LogP) is 12.2. The quantitative estimate of drug-likeness (QED) is 0.196. The van der Waals surface area contributed by atoms with E-state index in [0.717, 1.165) is 0 Å². The molecule has 0 amide bonds. The topological polar surface area (TPSA) is 0 Å². The molecule has 0 fully saturated rings. The first-order chi connectivity index (χ1) is 20.2. The molecule has 1 aromatic heterocycles. The van der Waals surface area contributed by atoms with Crippen LogP contribution >= 0.6 is 11.3 Å². The monoisotopic (exact) mass is 540 g/mol. The van der Waals surface area contributed by atoms with Gasteiger partial charge in [0.15, 0.2) is 0 Å². The molecular weight excluding hydrogens is 513 g/mol. The van der Waals surface area contributed by atoms with Gasteiger partial charge in [0.05, 0.1) is 0 Å². The first kappa shape index (κ1) is 24.1. The summed E-state index contributed by atoms with van der Waals surface area (Å²) in [6.07, 6.45) is 4.36. The van der Waals surface area contributed by atoms with Gasteiger partial charge in [-0.15, -0.1) is 11.3 Å². The Bertz CT molecular complexity index is 2330. The van der Waals surface area contributed by atoms with Crippen molar-refractivity contribution in [1.82, 2.24) is 0 Å². The van der Waals surface area contributed by atoms with Gasteiger partial charge in [-0.1, -0.05) is 109 Å². The Morgan fingerprint density at radius 1 is 0.512 bits per heavy atom. The van der Waals surface area contributed by atoms with Gasteiger partial charge in [-0.05, 0) is 104 Å². The first-order valence-electron chi connectivity index (χ1n) is 14.2. The zero-order chi connectivity index (χ0) is 27.5. The summed E-state index contributed by atoms with van der Waals surface area (Å²) in [4.78, 5) is 0. The molecule has 0 unspecified atom stereocenters. The largest absolute Gasteiger partial charge is 0.135 e. The van der Waals surface area contributed by atoms with Crippen LogP contribution in [0.5, 0.6) is 0 Å². The van der Waals surface area contributed by atoms with Crippen LogP contribution in [0.25, 0.3) is 80.8 Å². The third-order valence-electron chi connectivity index (χ3n) is 8.50. The molecule has 1 heteroatoms. The molecule has 0 bridgehead atoms. The highest BCUT2D eigenvalue weighted by Crippen LogP contribution is 2.41. The summed E-state index contributed by atoms with van der Waals surface area (Å²) < 4.78 is 2.71. The molecule has 8 rings (SSSR count). The molecule has 8 aromatic rings. The third-order valence-corrected chi connectivity index (χ3v) is 9.72. The van der Waals surface area contributed by atoms with Gasteiger partial charge in [-0.25, -0.2) is 0 Å². The van der Waals surface area contributed by atoms with E-state index in [4.69, 9.17) is 0 Å². The zero-order valence-corrected chi connectivity index (χ0v) is 23.9. The summed E-state index contributed by atoms with van der Waals surface area (Å²) in [6, 6.07) is 45.2. The number of fused-ring (bicyclic) bond motifs is 7. The summed E-state index contributed by atoms with van der Waals surface area (Å²) in [7, 11) is 0. The van der Waals surface area contributed by atoms with Crippen molar-refractivity contribution in [2.75, 3.05) is 0 Å². The molecular formula is C40H28S. The van der Waals surface area contributed by atoms with Gasteiger partial charge in [0, 0.05) is 20.2 Å². The lowest BCUT2D eigenvalue weighted by atomic mass is 9.92. The Labute approximate surface area is 243 Å². The van der Waals surface area contributed by atoms with Gasteiger partial charge in [-0.3, -0.25) is 0 Å². The van der Waals surface area contributed by atoms with Crippen molar-refractivity contribution in [2.24, 2.45) is 0 Å². The Balaban J connectivity index is 1.23. The molecule has 0 radical (unpaired) electrons. The summed E-state index contributed by atoms with van der Waals surface area (Å²) in [5.41, 5.74) is 7.69. The predicted molar refractivity (Wildman–Crippen MR) is 182 cm³/mol. The number of allylic oxidation sites excluding steroid dienone is 1. The van der Waals surface area contributed by atoms with Crippen molar-refractivity contribution in [1.29, 1.82) is 0 Å². The van der Waals surface area contributed by atoms with E-state index in [1.165, 1.54) is 85.9 Å². The van der Waals surface area contributed by atoms with Crippen LogP contribution in [0, 0.1) is 6.92 Å². The lowest BCUT2D eigenvalue weighted by Crippen LogP contribution is -1.87. The molecule has 0 aliphatic rings. The summed E-state index contributed by atoms with van der Waals surface area (Å²) in [6.45, 7) is 4.28. The van der Waals surface area contributed by atoms with Gasteiger partial charge < -0.3 is 0 Å². The van der Waals surface area contributed by atoms with Crippen molar-refractivity contribution < 1.29 is 0 Å². The highest BCUT2D eigenvalue weighted by atomic mass is 32.1. The maximum atomic E-state index is 2.37. The maximum Gasteiger partial charge on any atom is 0.0433 e. The van der Waals surface area contributed by atoms with Crippen molar-refractivity contribution in [2.45, 2.75) is 13.8 Å². The van der Waals surface area contributed by atoms with Gasteiger partial charge in [0.25, 0.3) is 0 Å². The first-order valence-corrected chi connectivity index (χ1v) is 15.0. The third kappa shape index (κ3) is 3.89. The average molecular weight is 541 g/mol. The van der Waals surface area contributed by atoms with Crippen LogP contribution < -0.4 is 0 Å². The molecule has 0 aliphatic heterocycles. The molecule has 194 valence electrons. The number of benzene rings is 7. The van der Waals surface area contributed by atoms with Crippen LogP contribution in [-0.4, -0.2) is 0 Å². The lowest BCUT2D eigenvalue weighted by Gasteiger charge is -2.12. The van der Waals surface area contributed by atoms with E-state index in [2.05, 4.69) is 147 Å². The minimum Gasteiger partial charge on any atom is -0.135 e. The van der Waals surface area contributed by atoms with Crippen LogP contribution in [0.1, 0.15) is 18.1 Å². The summed E-state index contributed by atoms with van der Waals surface area (Å²) in [5, 5.41) is 10.4. The van der Waals surface area contributed by atoms with E-state index in [1.807, 2.05) is 11.3 Å². The SMILES string of the molecule is CC=Cc1c(C)ccc2c1ccc1ccc(-c3ccc4cc(-c5cccc6c5sc5ccccc56)ccc4c3)cc12. The Kier molecular flexibility index (Phi) is 5.55. The Hall–Kier alpha value is -4.72. The number of hydrogen-bond donors (Lipinski definition) is 0. The summed E-state index contributed by atoms with van der Waals surface area (Å²) in [5.74, 6) is 0. The summed E-state index contributed by atoms with van der Waals surface area (Å²) >= 11 is 1.89. The van der Waals surface area contributed by atoms with E-state index in [-0.39, 0.29) is 0 Å². The zero-order valence-electron chi connectivity index (χ0n) is 23.1. The molecule has 0 atom stereocenters. The lowest BCUT2D eigenvalue weighted by molar-refractivity contribution is 1.48. The number of aryl methyl sites for hydroxylation is 1. The Morgan fingerprint density at radius 2 is 1.20 bits per heavy atom. The number of thiophene rings is 1. The standard InChI is InChI=1S/C40H28S/c1-3-7-32-25(2)12-20-35-34(32)21-19-26-13-14-30(24-38(26)35)28-15-16-29-23-31(18-17-27(29)22-28)33-9-6-10-37-36-8-4-5-11-39(36)41-40(33)37/h3-24H,1-2H3. The highest BCUT2D eigenvalue weighted by Gasteiger charge is 2.12. The molecule has 0 aliphatic carbocycles. The van der Waals surface area contributed by atoms with Gasteiger partial charge >= 0.3 is 0 Å². The molecule has 0 saturated carbocycles. The molecule has 0 saturated heterocycles. The van der Waals surface area contributed by atoms with Crippen LogP contribution in [0.4, 0.5) is 0 Å². The van der Waals surface area contributed by atoms with Crippen molar-refractivity contribution in [3.63, 3.8) is 0 Å². The number of hydrogen-bond acceptors (Lipinski definition) is 1. The molecule has 1 heterocycles. The molecule has 0 N–H and O–H groups in total. The van der Waals surface area contributed by atoms with E-state index in [0.29, 0.717) is 0 Å². The molecule has 0 spiro atoms. The fourth-order valence-corrected chi connectivity index (χ4v) is 7.64. The fourth-order valence-electron chi connectivity index (χ4n) is 6.40. The average Bonchev–Trinajstić information content (AvgIpc) is 3.40. The van der Waals surface area contributed by atoms with E-state index < -0.39 is 0 Å². The van der Waals surface area contributed by atoms with Crippen molar-refractivity contribution in [3.05, 3.63) is 139 Å². The second-order valence-corrected chi connectivity index (χ2v) is 12.0. The smallest absolute Gasteiger partial charge is 0.0433 e. The van der Waals surface area contributed by atoms with E-state index in [9.17, 15) is 0 Å². The van der Waals surface area contributed by atoms with Crippen LogP contribution in [0.15, 0.2) is 127 Å².